The molecule has 0 aliphatic heterocycles. The highest BCUT2D eigenvalue weighted by atomic mass is 16.2. The van der Waals surface area contributed by atoms with E-state index in [9.17, 15) is 4.79 Å². The molecule has 156 valence electrons. The molecule has 1 amide bonds. The molecule has 4 heteroatoms. The molecule has 1 atom stereocenters. The van der Waals surface area contributed by atoms with Gasteiger partial charge in [0.15, 0.2) is 5.65 Å². The number of fused-ring (bicyclic) bond motifs is 1. The summed E-state index contributed by atoms with van der Waals surface area (Å²) in [7, 11) is 1.90. The highest BCUT2D eigenvalue weighted by molar-refractivity contribution is 6.06. The molecule has 2 aromatic carbocycles. The highest BCUT2D eigenvalue weighted by Gasteiger charge is 2.24. The van der Waals surface area contributed by atoms with E-state index in [1.165, 1.54) is 0 Å². The van der Waals surface area contributed by atoms with E-state index in [1.807, 2.05) is 78.7 Å². The molecule has 4 nitrogen and oxygen atoms in total. The third-order valence-corrected chi connectivity index (χ3v) is 5.69. The Hall–Kier alpha value is -3.53. The van der Waals surface area contributed by atoms with Gasteiger partial charge in [0.05, 0.1) is 17.3 Å². The van der Waals surface area contributed by atoms with Crippen molar-refractivity contribution in [2.24, 2.45) is 0 Å². The van der Waals surface area contributed by atoms with E-state index in [0.717, 1.165) is 41.5 Å². The smallest absolute Gasteiger partial charge is 0.254 e. The molecule has 0 radical (unpaired) electrons. The number of pyridine rings is 2. The SMILES string of the molecule is CCCCC(c1ccccc1)N(C)C(=O)c1cc(-c2ccccc2)nc2ncccc12. The fourth-order valence-corrected chi connectivity index (χ4v) is 3.98. The second-order valence-electron chi connectivity index (χ2n) is 7.78. The van der Waals surface area contributed by atoms with Crippen LogP contribution in [0.4, 0.5) is 0 Å². The molecule has 2 heterocycles. The van der Waals surface area contributed by atoms with Crippen molar-refractivity contribution < 1.29 is 4.79 Å². The first-order valence-corrected chi connectivity index (χ1v) is 10.8. The Bertz CT molecular complexity index is 1160. The van der Waals surface area contributed by atoms with Crippen LogP contribution in [0.1, 0.15) is 48.1 Å². The lowest BCUT2D eigenvalue weighted by molar-refractivity contribution is 0.0722. The van der Waals surface area contributed by atoms with Crippen LogP contribution in [0.25, 0.3) is 22.3 Å². The van der Waals surface area contributed by atoms with Gasteiger partial charge in [-0.2, -0.15) is 0 Å². The van der Waals surface area contributed by atoms with Gasteiger partial charge in [-0.15, -0.1) is 0 Å². The number of rotatable bonds is 7. The van der Waals surface area contributed by atoms with Gasteiger partial charge in [-0.3, -0.25) is 4.79 Å². The zero-order valence-corrected chi connectivity index (χ0v) is 18.0. The number of benzene rings is 2. The maximum Gasteiger partial charge on any atom is 0.254 e. The molecule has 0 aliphatic carbocycles. The summed E-state index contributed by atoms with van der Waals surface area (Å²) in [6.45, 7) is 2.18. The van der Waals surface area contributed by atoms with E-state index in [-0.39, 0.29) is 11.9 Å². The van der Waals surface area contributed by atoms with Gasteiger partial charge >= 0.3 is 0 Å². The molecule has 0 spiro atoms. The van der Waals surface area contributed by atoms with Crippen molar-refractivity contribution in [3.8, 4) is 11.3 Å². The summed E-state index contributed by atoms with van der Waals surface area (Å²) in [5, 5.41) is 0.779. The Kier molecular flexibility index (Phi) is 6.37. The van der Waals surface area contributed by atoms with E-state index >= 15 is 0 Å². The maximum absolute atomic E-state index is 13.8. The Labute approximate surface area is 183 Å². The maximum atomic E-state index is 13.8. The monoisotopic (exact) mass is 409 g/mol. The summed E-state index contributed by atoms with van der Waals surface area (Å²) >= 11 is 0. The fourth-order valence-electron chi connectivity index (χ4n) is 3.98. The number of aromatic nitrogens is 2. The Morgan fingerprint density at radius 1 is 0.968 bits per heavy atom. The van der Waals surface area contributed by atoms with Gasteiger partial charge in [-0.05, 0) is 30.2 Å². The van der Waals surface area contributed by atoms with Crippen LogP contribution in [0.5, 0.6) is 0 Å². The van der Waals surface area contributed by atoms with Crippen LogP contribution in [-0.2, 0) is 0 Å². The van der Waals surface area contributed by atoms with Gasteiger partial charge < -0.3 is 4.90 Å². The van der Waals surface area contributed by atoms with Gasteiger partial charge in [-0.25, -0.2) is 9.97 Å². The topological polar surface area (TPSA) is 46.1 Å². The Morgan fingerprint density at radius 2 is 1.68 bits per heavy atom. The first kappa shape index (κ1) is 20.7. The quantitative estimate of drug-likeness (QED) is 0.360. The lowest BCUT2D eigenvalue weighted by Crippen LogP contribution is -2.31. The average Bonchev–Trinajstić information content (AvgIpc) is 2.84. The second-order valence-corrected chi connectivity index (χ2v) is 7.78. The van der Waals surface area contributed by atoms with Crippen molar-refractivity contribution in [1.82, 2.24) is 14.9 Å². The lowest BCUT2D eigenvalue weighted by Gasteiger charge is -2.29. The van der Waals surface area contributed by atoms with Crippen molar-refractivity contribution in [2.45, 2.75) is 32.2 Å². The van der Waals surface area contributed by atoms with Crippen molar-refractivity contribution in [3.05, 3.63) is 96.2 Å². The summed E-state index contributed by atoms with van der Waals surface area (Å²) in [5.41, 5.74) is 4.11. The van der Waals surface area contributed by atoms with Crippen molar-refractivity contribution >= 4 is 16.9 Å². The first-order chi connectivity index (χ1) is 15.2. The molecule has 1 unspecified atom stereocenters. The fraction of sp³-hybridized carbons (Fsp3) is 0.222. The van der Waals surface area contributed by atoms with Crippen LogP contribution in [0.3, 0.4) is 0 Å². The third kappa shape index (κ3) is 4.48. The van der Waals surface area contributed by atoms with Gasteiger partial charge in [0.2, 0.25) is 0 Å². The summed E-state index contributed by atoms with van der Waals surface area (Å²) in [4.78, 5) is 24.8. The first-order valence-electron chi connectivity index (χ1n) is 10.8. The molecule has 4 rings (SSSR count). The Balaban J connectivity index is 1.78. The molecule has 0 aliphatic rings. The van der Waals surface area contributed by atoms with E-state index in [2.05, 4.69) is 24.0 Å². The predicted molar refractivity (Wildman–Crippen MR) is 126 cm³/mol. The summed E-state index contributed by atoms with van der Waals surface area (Å²) in [6, 6.07) is 25.9. The molecular formula is C27H27N3O. The molecular weight excluding hydrogens is 382 g/mol. The standard InChI is InChI=1S/C27H27N3O/c1-3-4-17-25(21-14-9-6-10-15-21)30(2)27(31)23-19-24(20-12-7-5-8-13-20)29-26-22(23)16-11-18-28-26/h5-16,18-19,25H,3-4,17H2,1-2H3. The largest absolute Gasteiger partial charge is 0.335 e. The predicted octanol–water partition coefficient (Wildman–Crippen LogP) is 6.30. The molecule has 0 N–H and O–H groups in total. The number of carbonyl (C=O) groups is 1. The van der Waals surface area contributed by atoms with Crippen LogP contribution in [0.15, 0.2) is 85.1 Å². The van der Waals surface area contributed by atoms with E-state index in [4.69, 9.17) is 4.98 Å². The van der Waals surface area contributed by atoms with Crippen LogP contribution in [-0.4, -0.2) is 27.8 Å². The van der Waals surface area contributed by atoms with Crippen molar-refractivity contribution in [3.63, 3.8) is 0 Å². The molecule has 31 heavy (non-hydrogen) atoms. The number of hydrogen-bond donors (Lipinski definition) is 0. The molecule has 0 saturated heterocycles. The zero-order valence-electron chi connectivity index (χ0n) is 18.0. The van der Waals surface area contributed by atoms with E-state index in [1.54, 1.807) is 6.20 Å². The Morgan fingerprint density at radius 3 is 2.39 bits per heavy atom. The minimum Gasteiger partial charge on any atom is -0.335 e. The van der Waals surface area contributed by atoms with Crippen molar-refractivity contribution in [1.29, 1.82) is 0 Å². The number of amides is 1. The molecule has 0 fully saturated rings. The molecule has 4 aromatic rings. The summed E-state index contributed by atoms with van der Waals surface area (Å²) in [6.07, 6.45) is 4.79. The molecule has 0 saturated carbocycles. The van der Waals surface area contributed by atoms with Gasteiger partial charge in [-0.1, -0.05) is 80.4 Å². The minimum atomic E-state index is -0.0115. The minimum absolute atomic E-state index is 0.0115. The average molecular weight is 410 g/mol. The highest BCUT2D eigenvalue weighted by Crippen LogP contribution is 2.30. The number of unbranched alkanes of at least 4 members (excludes halogenated alkanes) is 1. The lowest BCUT2D eigenvalue weighted by atomic mass is 9.98. The third-order valence-electron chi connectivity index (χ3n) is 5.69. The number of carbonyl (C=O) groups excluding carboxylic acids is 1. The second kappa shape index (κ2) is 9.52. The number of hydrogen-bond acceptors (Lipinski definition) is 3. The summed E-state index contributed by atoms with van der Waals surface area (Å²) in [5.74, 6) is -0.0115. The molecule has 2 aromatic heterocycles. The van der Waals surface area contributed by atoms with Crippen LogP contribution in [0, 0.1) is 0 Å². The summed E-state index contributed by atoms with van der Waals surface area (Å²) < 4.78 is 0. The van der Waals surface area contributed by atoms with Crippen molar-refractivity contribution in [2.75, 3.05) is 7.05 Å². The van der Waals surface area contributed by atoms with Gasteiger partial charge in [0.1, 0.15) is 0 Å². The number of nitrogens with zero attached hydrogens (tertiary/aromatic N) is 3. The van der Waals surface area contributed by atoms with Gasteiger partial charge in [0, 0.05) is 24.2 Å². The molecule has 0 bridgehead atoms. The van der Waals surface area contributed by atoms with Crippen LogP contribution < -0.4 is 0 Å². The van der Waals surface area contributed by atoms with Crippen LogP contribution in [0.2, 0.25) is 0 Å². The van der Waals surface area contributed by atoms with Crippen LogP contribution >= 0.6 is 0 Å². The zero-order chi connectivity index (χ0) is 21.6. The normalized spacial score (nSPS) is 11.9. The van der Waals surface area contributed by atoms with E-state index in [0.29, 0.717) is 11.2 Å². The van der Waals surface area contributed by atoms with Gasteiger partial charge in [0.25, 0.3) is 5.91 Å². The van der Waals surface area contributed by atoms with E-state index < -0.39 is 0 Å².